The summed E-state index contributed by atoms with van der Waals surface area (Å²) < 4.78 is 7.74. The lowest BCUT2D eigenvalue weighted by molar-refractivity contribution is 0.144. The number of rotatable bonds is 5. The first-order chi connectivity index (χ1) is 32.9. The molecule has 4 nitrogen and oxygen atoms in total. The SMILES string of the molecule is CC12CC=CC=C1NC(n1c3ccccc3c3cc(-c4ccc5sc6ccccc6c5c4)ccc31)NC2c1ccc(-c2ccc3c(c2)c2ccc4ccccc4c2n3C2(C)C=CC=CC2)cc1. The van der Waals surface area contributed by atoms with Crippen LogP contribution in [-0.4, -0.2) is 9.13 Å². The Kier molecular flexibility index (Phi) is 8.41. The zero-order chi connectivity index (χ0) is 44.4. The van der Waals surface area contributed by atoms with Crippen molar-refractivity contribution < 1.29 is 0 Å². The number of nitrogens with zero attached hydrogens (tertiary/aromatic N) is 2. The van der Waals surface area contributed by atoms with Crippen molar-refractivity contribution in [3.05, 3.63) is 218 Å². The predicted molar refractivity (Wildman–Crippen MR) is 285 cm³/mol. The lowest BCUT2D eigenvalue weighted by Crippen LogP contribution is -2.54. The highest BCUT2D eigenvalue weighted by atomic mass is 32.1. The number of fused-ring (bicyclic) bond motifs is 12. The smallest absolute Gasteiger partial charge is 0.160 e. The summed E-state index contributed by atoms with van der Waals surface area (Å²) in [5.74, 6) is 0. The number of allylic oxidation sites excluding steroid dienone is 7. The molecular weight excluding hydrogens is 833 g/mol. The summed E-state index contributed by atoms with van der Waals surface area (Å²) >= 11 is 1.87. The Bertz CT molecular complexity index is 3990. The number of nitrogens with one attached hydrogen (secondary N) is 2. The van der Waals surface area contributed by atoms with E-state index in [2.05, 4.69) is 240 Å². The second-order valence-corrected chi connectivity index (χ2v) is 20.5. The molecule has 11 aromatic rings. The van der Waals surface area contributed by atoms with E-state index in [0.717, 1.165) is 12.8 Å². The molecule has 2 N–H and O–H groups in total. The van der Waals surface area contributed by atoms with Crippen molar-refractivity contribution in [2.75, 3.05) is 0 Å². The topological polar surface area (TPSA) is 33.9 Å². The molecule has 0 saturated carbocycles. The number of benzene rings is 8. The molecule has 67 heavy (non-hydrogen) atoms. The molecule has 0 spiro atoms. The standard InChI is InChI=1S/C62H48N4S/c1-61(33-11-3-12-34-61)66-54-31-27-42(36-50(54)48-29-25-40-14-4-5-15-45(40)58(48)66)39-21-23-41(24-22-39)59-62(2)35-13-10-20-57(62)63-60(64-59)65-52-18-8-6-16-46(52)49-37-43(26-30-53(49)65)44-28-32-56-51(38-44)47-17-7-9-19-55(47)67-56/h3-33,36-38,59-60,63-64H,34-35H2,1-2H3. The van der Waals surface area contributed by atoms with Gasteiger partial charge in [0.2, 0.25) is 0 Å². The fourth-order valence-electron chi connectivity index (χ4n) is 12.0. The van der Waals surface area contributed by atoms with Crippen LogP contribution in [0.15, 0.2) is 212 Å². The molecule has 5 heteroatoms. The zero-order valence-corrected chi connectivity index (χ0v) is 38.3. The van der Waals surface area contributed by atoms with Crippen LogP contribution in [0, 0.1) is 5.41 Å². The molecule has 14 rings (SSSR count). The third-order valence-corrected chi connectivity index (χ3v) is 16.6. The van der Waals surface area contributed by atoms with Gasteiger partial charge < -0.3 is 14.5 Å². The van der Waals surface area contributed by atoms with Gasteiger partial charge in [0.15, 0.2) is 6.29 Å². The second-order valence-electron chi connectivity index (χ2n) is 19.4. The maximum Gasteiger partial charge on any atom is 0.160 e. The number of para-hydroxylation sites is 1. The van der Waals surface area contributed by atoms with Gasteiger partial charge in [-0.05, 0) is 108 Å². The Hall–Kier alpha value is -7.44. The third kappa shape index (κ3) is 5.81. The molecule has 1 aliphatic heterocycles. The van der Waals surface area contributed by atoms with Gasteiger partial charge >= 0.3 is 0 Å². The number of thiophene rings is 1. The Balaban J connectivity index is 0.844. The van der Waals surface area contributed by atoms with Crippen LogP contribution in [0.2, 0.25) is 0 Å². The first-order valence-corrected chi connectivity index (χ1v) is 24.5. The lowest BCUT2D eigenvalue weighted by Gasteiger charge is -2.49. The predicted octanol–water partition coefficient (Wildman–Crippen LogP) is 16.2. The Labute approximate surface area is 393 Å². The minimum atomic E-state index is -0.176. The maximum absolute atomic E-state index is 4.20. The molecule has 3 aliphatic rings. The average Bonchev–Trinajstić information content (AvgIpc) is 4.04. The van der Waals surface area contributed by atoms with Crippen molar-refractivity contribution in [3.63, 3.8) is 0 Å². The van der Waals surface area contributed by atoms with Crippen molar-refractivity contribution in [2.24, 2.45) is 5.41 Å². The molecule has 4 unspecified atom stereocenters. The van der Waals surface area contributed by atoms with Gasteiger partial charge in [-0.15, -0.1) is 11.3 Å². The molecule has 8 aromatic carbocycles. The fraction of sp³-hybridized carbons (Fsp3) is 0.129. The van der Waals surface area contributed by atoms with Gasteiger partial charge in [0.05, 0.1) is 22.1 Å². The Morgan fingerprint density at radius 1 is 0.522 bits per heavy atom. The molecule has 1 saturated heterocycles. The van der Waals surface area contributed by atoms with E-state index in [1.54, 1.807) is 0 Å². The van der Waals surface area contributed by atoms with E-state index in [-0.39, 0.29) is 23.3 Å². The zero-order valence-electron chi connectivity index (χ0n) is 37.5. The van der Waals surface area contributed by atoms with Crippen molar-refractivity contribution in [3.8, 4) is 22.3 Å². The number of hydrogen-bond donors (Lipinski definition) is 2. The summed E-state index contributed by atoms with van der Waals surface area (Å²) in [4.78, 5) is 0. The molecule has 3 aromatic heterocycles. The minimum absolute atomic E-state index is 0.0544. The Morgan fingerprint density at radius 2 is 1.18 bits per heavy atom. The summed E-state index contributed by atoms with van der Waals surface area (Å²) in [6, 6.07) is 61.7. The van der Waals surface area contributed by atoms with Crippen molar-refractivity contribution in [2.45, 2.75) is 44.6 Å². The molecule has 0 bridgehead atoms. The van der Waals surface area contributed by atoms with Crippen molar-refractivity contribution in [1.82, 2.24) is 19.8 Å². The monoisotopic (exact) mass is 880 g/mol. The van der Waals surface area contributed by atoms with Crippen molar-refractivity contribution in [1.29, 1.82) is 0 Å². The van der Waals surface area contributed by atoms with Gasteiger partial charge in [-0.3, -0.25) is 5.32 Å². The summed E-state index contributed by atoms with van der Waals surface area (Å²) in [7, 11) is 0. The van der Waals surface area contributed by atoms with E-state index in [1.165, 1.54) is 108 Å². The van der Waals surface area contributed by atoms with Gasteiger partial charge in [-0.1, -0.05) is 159 Å². The highest BCUT2D eigenvalue weighted by Gasteiger charge is 2.45. The summed E-state index contributed by atoms with van der Waals surface area (Å²) in [5.41, 5.74) is 12.1. The quantitative estimate of drug-likeness (QED) is 0.181. The van der Waals surface area contributed by atoms with E-state index in [4.69, 9.17) is 0 Å². The number of hydrogen-bond acceptors (Lipinski definition) is 3. The fourth-order valence-corrected chi connectivity index (χ4v) is 13.1. The normalized spacial score (nSPS) is 21.6. The molecule has 4 atom stereocenters. The van der Waals surface area contributed by atoms with E-state index < -0.39 is 0 Å². The molecule has 0 radical (unpaired) electrons. The van der Waals surface area contributed by atoms with Crippen LogP contribution >= 0.6 is 11.3 Å². The van der Waals surface area contributed by atoms with Crippen LogP contribution in [0.25, 0.3) is 96.8 Å². The summed E-state index contributed by atoms with van der Waals surface area (Å²) in [5, 5.41) is 18.5. The molecule has 4 heterocycles. The molecule has 2 aliphatic carbocycles. The maximum atomic E-state index is 4.20. The van der Waals surface area contributed by atoms with Gasteiger partial charge in [0.25, 0.3) is 0 Å². The van der Waals surface area contributed by atoms with Crippen LogP contribution in [0.3, 0.4) is 0 Å². The first kappa shape index (κ1) is 38.8. The van der Waals surface area contributed by atoms with Crippen LogP contribution < -0.4 is 10.6 Å². The number of aromatic nitrogens is 2. The van der Waals surface area contributed by atoms with E-state index >= 15 is 0 Å². The summed E-state index contributed by atoms with van der Waals surface area (Å²) in [6.07, 6.45) is 17.6. The van der Waals surface area contributed by atoms with E-state index in [0.29, 0.717) is 0 Å². The largest absolute Gasteiger partial charge is 0.355 e. The molecule has 322 valence electrons. The van der Waals surface area contributed by atoms with Crippen LogP contribution in [0.4, 0.5) is 0 Å². The average molecular weight is 881 g/mol. The van der Waals surface area contributed by atoms with Gasteiger partial charge in [0, 0.05) is 69.8 Å². The molecule has 0 amide bonds. The van der Waals surface area contributed by atoms with Gasteiger partial charge in [-0.2, -0.15) is 0 Å². The summed E-state index contributed by atoms with van der Waals surface area (Å²) in [6.45, 7) is 4.78. The van der Waals surface area contributed by atoms with Gasteiger partial charge in [0.1, 0.15) is 0 Å². The van der Waals surface area contributed by atoms with Gasteiger partial charge in [-0.25, -0.2) is 0 Å². The second kappa shape index (κ2) is 14.5. The van der Waals surface area contributed by atoms with Crippen molar-refractivity contribution >= 4 is 85.9 Å². The molecular formula is C62H48N4S. The lowest BCUT2D eigenvalue weighted by atomic mass is 9.70. The van der Waals surface area contributed by atoms with Crippen LogP contribution in [-0.2, 0) is 5.54 Å². The molecule has 1 fully saturated rings. The van der Waals surface area contributed by atoms with Crippen LogP contribution in [0.5, 0.6) is 0 Å². The van der Waals surface area contributed by atoms with E-state index in [9.17, 15) is 0 Å². The van der Waals surface area contributed by atoms with E-state index in [1.807, 2.05) is 11.3 Å². The highest BCUT2D eigenvalue weighted by Crippen LogP contribution is 2.50. The highest BCUT2D eigenvalue weighted by molar-refractivity contribution is 7.25. The Morgan fingerprint density at radius 3 is 2.01 bits per heavy atom. The first-order valence-electron chi connectivity index (χ1n) is 23.7. The third-order valence-electron chi connectivity index (χ3n) is 15.5. The minimum Gasteiger partial charge on any atom is -0.355 e. The van der Waals surface area contributed by atoms with Crippen LogP contribution in [0.1, 0.15) is 44.6 Å².